The van der Waals surface area contributed by atoms with Crippen molar-refractivity contribution in [2.75, 3.05) is 13.7 Å². The fourth-order valence-corrected chi connectivity index (χ4v) is 5.40. The number of hydrogen-bond acceptors (Lipinski definition) is 6. The Hall–Kier alpha value is -2.34. The lowest BCUT2D eigenvalue weighted by Gasteiger charge is -2.38. The molecule has 0 saturated carbocycles. The first-order valence-corrected chi connectivity index (χ1v) is 13.3. The second-order valence-electron chi connectivity index (χ2n) is 9.00. The number of hydrogen-bond donors (Lipinski definition) is 2. The van der Waals surface area contributed by atoms with Gasteiger partial charge in [-0.1, -0.05) is 42.1 Å². The number of phosphoric ester groups is 1. The summed E-state index contributed by atoms with van der Waals surface area (Å²) in [6, 6.07) is 11.1. The van der Waals surface area contributed by atoms with Crippen molar-refractivity contribution >= 4 is 30.7 Å². The van der Waals surface area contributed by atoms with E-state index in [1.54, 1.807) is 51.1 Å². The molecule has 13 heteroatoms. The van der Waals surface area contributed by atoms with Crippen molar-refractivity contribution in [1.29, 1.82) is 0 Å². The molecule has 1 aliphatic heterocycles. The smallest absolute Gasteiger partial charge is 0.303 e. The third kappa shape index (κ3) is 6.90. The normalized spacial score (nSPS) is 18.3. The predicted molar refractivity (Wildman–Crippen MR) is 132 cm³/mol. The van der Waals surface area contributed by atoms with Gasteiger partial charge in [0.1, 0.15) is 21.5 Å². The minimum atomic E-state index is -4.70. The highest BCUT2D eigenvalue weighted by molar-refractivity contribution is 8.15. The summed E-state index contributed by atoms with van der Waals surface area (Å²) in [6.07, 6.45) is 0.218. The molecule has 0 bridgehead atoms. The van der Waals surface area contributed by atoms with Crippen molar-refractivity contribution in [2.45, 2.75) is 44.1 Å². The van der Waals surface area contributed by atoms with Crippen molar-refractivity contribution in [2.24, 2.45) is 5.10 Å². The maximum Gasteiger partial charge on any atom is 0.469 e. The molecule has 0 spiro atoms. The first-order valence-electron chi connectivity index (χ1n) is 11.0. The number of urea groups is 1. The summed E-state index contributed by atoms with van der Waals surface area (Å²) >= 11 is 1.03. The molecule has 1 heterocycles. The van der Waals surface area contributed by atoms with Gasteiger partial charge in [0.25, 0.3) is 0 Å². The van der Waals surface area contributed by atoms with Crippen LogP contribution in [0.3, 0.4) is 0 Å². The van der Waals surface area contributed by atoms with E-state index in [4.69, 9.17) is 14.6 Å². The van der Waals surface area contributed by atoms with Crippen LogP contribution in [0.2, 0.25) is 0 Å². The summed E-state index contributed by atoms with van der Waals surface area (Å²) < 4.78 is 44.5. The lowest BCUT2D eigenvalue weighted by molar-refractivity contribution is -0.186. The summed E-state index contributed by atoms with van der Waals surface area (Å²) in [5, 5.41) is 6.62. The molecule has 0 radical (unpaired) electrons. The Bertz CT molecular complexity index is 1170. The number of phosphoric acid groups is 1. The fourth-order valence-electron chi connectivity index (χ4n) is 3.62. The third-order valence-corrected chi connectivity index (χ3v) is 6.93. The van der Waals surface area contributed by atoms with Gasteiger partial charge in [-0.3, -0.25) is 9.36 Å². The Labute approximate surface area is 212 Å². The summed E-state index contributed by atoms with van der Waals surface area (Å²) in [5.41, 5.74) is -0.230. The van der Waals surface area contributed by atoms with Crippen LogP contribution in [-0.4, -0.2) is 50.2 Å². The van der Waals surface area contributed by atoms with Gasteiger partial charge in [0.05, 0.1) is 12.2 Å². The van der Waals surface area contributed by atoms with Crippen LogP contribution in [0, 0.1) is 11.6 Å². The molecule has 2 N–H and O–H groups in total. The average molecular weight is 544 g/mol. The standard InChI is InChI=1S/C23H28F2N3O6PS/c1-22(2,3)34-27(4)21(29)28-23(16-9-6-5-7-10-16,13-8-14-33-35(30,31)32)36-20(26-28)18-15-17(24)11-12-19(18)25/h5-7,9-12,15H,8,13-14H2,1-4H3,(H2,30,31,32). The SMILES string of the molecule is CN(OC(C)(C)C)C(=O)N1N=C(c2cc(F)ccc2F)SC1(CCCOP(=O)(O)O)c1ccccc1. The molecule has 0 aliphatic carbocycles. The first kappa shape index (κ1) is 28.2. The molecule has 9 nitrogen and oxygen atoms in total. The highest BCUT2D eigenvalue weighted by Gasteiger charge is 2.50. The van der Waals surface area contributed by atoms with Crippen molar-refractivity contribution in [3.8, 4) is 0 Å². The Morgan fingerprint density at radius 1 is 1.19 bits per heavy atom. The molecular formula is C23H28F2N3O6PS. The van der Waals surface area contributed by atoms with E-state index in [-0.39, 0.29) is 30.1 Å². The van der Waals surface area contributed by atoms with Crippen molar-refractivity contribution in [1.82, 2.24) is 10.1 Å². The Morgan fingerprint density at radius 2 is 1.86 bits per heavy atom. The predicted octanol–water partition coefficient (Wildman–Crippen LogP) is 5.20. The zero-order valence-electron chi connectivity index (χ0n) is 20.2. The number of benzene rings is 2. The highest BCUT2D eigenvalue weighted by atomic mass is 32.2. The van der Waals surface area contributed by atoms with E-state index in [0.29, 0.717) is 5.56 Å². The van der Waals surface area contributed by atoms with E-state index < -0.39 is 36.0 Å². The topological polar surface area (TPSA) is 112 Å². The van der Waals surface area contributed by atoms with Gasteiger partial charge in [0.15, 0.2) is 0 Å². The summed E-state index contributed by atoms with van der Waals surface area (Å²) in [4.78, 5) is 36.1. The monoisotopic (exact) mass is 543 g/mol. The third-order valence-electron chi connectivity index (χ3n) is 4.96. The maximum atomic E-state index is 14.7. The Kier molecular flexibility index (Phi) is 8.59. The molecule has 2 aromatic rings. The number of carbonyl (C=O) groups excluding carboxylic acids is 1. The van der Waals surface area contributed by atoms with E-state index in [1.165, 1.54) is 7.05 Å². The van der Waals surface area contributed by atoms with E-state index >= 15 is 0 Å². The fraction of sp³-hybridized carbons (Fsp3) is 0.391. The van der Waals surface area contributed by atoms with Gasteiger partial charge in [0.2, 0.25) is 0 Å². The van der Waals surface area contributed by atoms with Crippen LogP contribution in [-0.2, 0) is 18.8 Å². The number of nitrogens with zero attached hydrogens (tertiary/aromatic N) is 3. The molecule has 2 aromatic carbocycles. The number of amides is 2. The number of hydrazone groups is 1. The zero-order chi connectivity index (χ0) is 26.7. The summed E-state index contributed by atoms with van der Waals surface area (Å²) in [5.74, 6) is -1.39. The van der Waals surface area contributed by atoms with Gasteiger partial charge in [-0.2, -0.15) is 10.1 Å². The van der Waals surface area contributed by atoms with Gasteiger partial charge in [-0.15, -0.1) is 0 Å². The quantitative estimate of drug-likeness (QED) is 0.267. The molecule has 0 fully saturated rings. The van der Waals surface area contributed by atoms with E-state index in [2.05, 4.69) is 9.63 Å². The first-order chi connectivity index (χ1) is 16.7. The van der Waals surface area contributed by atoms with E-state index in [1.807, 2.05) is 0 Å². The molecule has 1 atom stereocenters. The molecular weight excluding hydrogens is 515 g/mol. The highest BCUT2D eigenvalue weighted by Crippen LogP contribution is 2.51. The second-order valence-corrected chi connectivity index (χ2v) is 11.5. The molecule has 1 unspecified atom stereocenters. The second kappa shape index (κ2) is 11.0. The molecule has 0 aromatic heterocycles. The van der Waals surface area contributed by atoms with Crippen molar-refractivity contribution in [3.63, 3.8) is 0 Å². The van der Waals surface area contributed by atoms with Crippen LogP contribution in [0.15, 0.2) is 53.6 Å². The van der Waals surface area contributed by atoms with Crippen molar-refractivity contribution in [3.05, 3.63) is 71.3 Å². The zero-order valence-corrected chi connectivity index (χ0v) is 21.9. The molecule has 3 rings (SSSR count). The van der Waals surface area contributed by atoms with Crippen molar-refractivity contribution < 1.29 is 37.3 Å². The minimum Gasteiger partial charge on any atom is -0.303 e. The molecule has 2 amide bonds. The Morgan fingerprint density at radius 3 is 2.47 bits per heavy atom. The molecule has 0 saturated heterocycles. The largest absolute Gasteiger partial charge is 0.469 e. The van der Waals surface area contributed by atoms with Gasteiger partial charge in [-0.25, -0.2) is 23.2 Å². The van der Waals surface area contributed by atoms with Gasteiger partial charge < -0.3 is 9.79 Å². The summed E-state index contributed by atoms with van der Waals surface area (Å²) in [6.45, 7) is 4.97. The number of rotatable bonds is 8. The number of halogens is 2. The van der Waals surface area contributed by atoms with Gasteiger partial charge >= 0.3 is 13.9 Å². The molecule has 196 valence electrons. The number of carbonyl (C=O) groups is 1. The van der Waals surface area contributed by atoms with Crippen LogP contribution >= 0.6 is 19.6 Å². The van der Waals surface area contributed by atoms with Gasteiger partial charge in [0, 0.05) is 12.6 Å². The van der Waals surface area contributed by atoms with Crippen LogP contribution < -0.4 is 0 Å². The van der Waals surface area contributed by atoms with Crippen LogP contribution in [0.4, 0.5) is 13.6 Å². The molecule has 36 heavy (non-hydrogen) atoms. The lowest BCUT2D eigenvalue weighted by Crippen LogP contribution is -2.48. The Balaban J connectivity index is 2.08. The van der Waals surface area contributed by atoms with Gasteiger partial charge in [-0.05, 0) is 57.4 Å². The van der Waals surface area contributed by atoms with Crippen LogP contribution in [0.1, 0.15) is 44.7 Å². The average Bonchev–Trinajstić information content (AvgIpc) is 3.17. The van der Waals surface area contributed by atoms with Crippen LogP contribution in [0.25, 0.3) is 0 Å². The number of hydroxylamine groups is 2. The van der Waals surface area contributed by atoms with E-state index in [9.17, 15) is 18.1 Å². The lowest BCUT2D eigenvalue weighted by atomic mass is 10.0. The van der Waals surface area contributed by atoms with E-state index in [0.717, 1.165) is 40.0 Å². The number of thioether (sulfide) groups is 1. The maximum absolute atomic E-state index is 14.7. The van der Waals surface area contributed by atoms with Crippen LogP contribution in [0.5, 0.6) is 0 Å². The minimum absolute atomic E-state index is 0.0595. The molecule has 1 aliphatic rings. The summed E-state index contributed by atoms with van der Waals surface area (Å²) in [7, 11) is -3.28.